The first kappa shape index (κ1) is 13.4. The van der Waals surface area contributed by atoms with E-state index < -0.39 is 0 Å². The third kappa shape index (κ3) is 3.49. The van der Waals surface area contributed by atoms with Crippen LogP contribution >= 0.6 is 23.2 Å². The molecule has 0 aliphatic carbocycles. The van der Waals surface area contributed by atoms with E-state index in [0.717, 1.165) is 10.6 Å². The van der Waals surface area contributed by atoms with Crippen molar-refractivity contribution in [2.45, 2.75) is 19.5 Å². The first-order chi connectivity index (χ1) is 8.66. The Kier molecular flexibility index (Phi) is 4.65. The molecule has 0 aromatic heterocycles. The van der Waals surface area contributed by atoms with Crippen LogP contribution in [0.25, 0.3) is 0 Å². The number of benzene rings is 2. The number of rotatable bonds is 4. The van der Waals surface area contributed by atoms with Gasteiger partial charge in [0, 0.05) is 22.6 Å². The lowest BCUT2D eigenvalue weighted by molar-refractivity contribution is 0.575. The zero-order valence-corrected chi connectivity index (χ0v) is 11.7. The Bertz CT molecular complexity index is 511. The Balaban J connectivity index is 2.01. The zero-order chi connectivity index (χ0) is 13.0. The minimum atomic E-state index is 0.279. The van der Waals surface area contributed by atoms with Crippen molar-refractivity contribution in [1.29, 1.82) is 0 Å². The van der Waals surface area contributed by atoms with E-state index >= 15 is 0 Å². The molecule has 1 N–H and O–H groups in total. The number of halogens is 2. The van der Waals surface area contributed by atoms with Gasteiger partial charge in [0.05, 0.1) is 0 Å². The average molecular weight is 280 g/mol. The highest BCUT2D eigenvalue weighted by Gasteiger charge is 2.06. The Morgan fingerprint density at radius 2 is 1.78 bits per heavy atom. The minimum Gasteiger partial charge on any atom is -0.306 e. The van der Waals surface area contributed by atoms with Gasteiger partial charge in [-0.2, -0.15) is 0 Å². The maximum absolute atomic E-state index is 6.13. The number of hydrogen-bond acceptors (Lipinski definition) is 1. The van der Waals surface area contributed by atoms with E-state index in [1.54, 1.807) is 6.07 Å². The lowest BCUT2D eigenvalue weighted by Gasteiger charge is -2.15. The molecular formula is C15H15Cl2N. The predicted molar refractivity (Wildman–Crippen MR) is 78.2 cm³/mol. The summed E-state index contributed by atoms with van der Waals surface area (Å²) >= 11 is 12.1. The van der Waals surface area contributed by atoms with Gasteiger partial charge in [-0.3, -0.25) is 0 Å². The highest BCUT2D eigenvalue weighted by Crippen LogP contribution is 2.21. The molecule has 94 valence electrons. The zero-order valence-electron chi connectivity index (χ0n) is 10.2. The minimum absolute atomic E-state index is 0.279. The third-order valence-corrected chi connectivity index (χ3v) is 3.51. The molecule has 2 rings (SSSR count). The van der Waals surface area contributed by atoms with Gasteiger partial charge < -0.3 is 5.32 Å². The first-order valence-corrected chi connectivity index (χ1v) is 6.64. The summed E-state index contributed by atoms with van der Waals surface area (Å²) in [6, 6.07) is 16.1. The summed E-state index contributed by atoms with van der Waals surface area (Å²) in [6.07, 6.45) is 0. The molecule has 1 atom stereocenters. The van der Waals surface area contributed by atoms with Gasteiger partial charge in [-0.1, -0.05) is 53.5 Å². The summed E-state index contributed by atoms with van der Waals surface area (Å²) in [7, 11) is 0. The smallest absolute Gasteiger partial charge is 0.0451 e. The molecule has 3 heteroatoms. The SMILES string of the molecule is C[C@H](NCc1cc(Cl)ccc1Cl)c1ccccc1. The molecular weight excluding hydrogens is 265 g/mol. The van der Waals surface area contributed by atoms with Gasteiger partial charge in [0.2, 0.25) is 0 Å². The van der Waals surface area contributed by atoms with Crippen molar-refractivity contribution in [1.82, 2.24) is 5.32 Å². The lowest BCUT2D eigenvalue weighted by Crippen LogP contribution is -2.18. The van der Waals surface area contributed by atoms with Crippen LogP contribution in [0.15, 0.2) is 48.5 Å². The normalized spacial score (nSPS) is 12.4. The van der Waals surface area contributed by atoms with Crippen LogP contribution in [-0.4, -0.2) is 0 Å². The molecule has 0 aliphatic heterocycles. The fourth-order valence-corrected chi connectivity index (χ4v) is 2.18. The summed E-state index contributed by atoms with van der Waals surface area (Å²) in [5, 5.41) is 4.89. The summed E-state index contributed by atoms with van der Waals surface area (Å²) in [5.41, 5.74) is 2.28. The van der Waals surface area contributed by atoms with E-state index in [4.69, 9.17) is 23.2 Å². The van der Waals surface area contributed by atoms with Crippen molar-refractivity contribution in [2.24, 2.45) is 0 Å². The van der Waals surface area contributed by atoms with Crippen LogP contribution in [0, 0.1) is 0 Å². The van der Waals surface area contributed by atoms with Crippen LogP contribution in [0.2, 0.25) is 10.0 Å². The number of nitrogens with one attached hydrogen (secondary N) is 1. The van der Waals surface area contributed by atoms with Crippen LogP contribution < -0.4 is 5.32 Å². The second-order valence-electron chi connectivity index (χ2n) is 4.25. The fourth-order valence-electron chi connectivity index (χ4n) is 1.80. The Morgan fingerprint density at radius 3 is 2.50 bits per heavy atom. The summed E-state index contributed by atoms with van der Waals surface area (Å²) in [4.78, 5) is 0. The van der Waals surface area contributed by atoms with Crippen molar-refractivity contribution in [3.63, 3.8) is 0 Å². The van der Waals surface area contributed by atoms with Crippen LogP contribution in [0.4, 0.5) is 0 Å². The van der Waals surface area contributed by atoms with Crippen molar-refractivity contribution < 1.29 is 0 Å². The van der Waals surface area contributed by atoms with E-state index in [0.29, 0.717) is 11.6 Å². The molecule has 0 unspecified atom stereocenters. The first-order valence-electron chi connectivity index (χ1n) is 5.89. The lowest BCUT2D eigenvalue weighted by atomic mass is 10.1. The molecule has 18 heavy (non-hydrogen) atoms. The van der Waals surface area contributed by atoms with Crippen molar-refractivity contribution in [3.8, 4) is 0 Å². The van der Waals surface area contributed by atoms with Gasteiger partial charge in [0.15, 0.2) is 0 Å². The van der Waals surface area contributed by atoms with E-state index in [-0.39, 0.29) is 6.04 Å². The molecule has 0 heterocycles. The molecule has 2 aromatic rings. The van der Waals surface area contributed by atoms with Gasteiger partial charge in [0.25, 0.3) is 0 Å². The van der Waals surface area contributed by atoms with Gasteiger partial charge in [-0.25, -0.2) is 0 Å². The van der Waals surface area contributed by atoms with Gasteiger partial charge >= 0.3 is 0 Å². The average Bonchev–Trinajstić information content (AvgIpc) is 2.40. The molecule has 0 saturated heterocycles. The molecule has 2 aromatic carbocycles. The monoisotopic (exact) mass is 279 g/mol. The molecule has 0 bridgehead atoms. The molecule has 0 fully saturated rings. The Hall–Kier alpha value is -1.02. The predicted octanol–water partition coefficient (Wildman–Crippen LogP) is 4.84. The van der Waals surface area contributed by atoms with Crippen LogP contribution in [0.5, 0.6) is 0 Å². The van der Waals surface area contributed by atoms with E-state index in [2.05, 4.69) is 24.4 Å². The van der Waals surface area contributed by atoms with Crippen molar-refractivity contribution >= 4 is 23.2 Å². The standard InChI is InChI=1S/C15H15Cl2N/c1-11(12-5-3-2-4-6-12)18-10-13-9-14(16)7-8-15(13)17/h2-9,11,18H,10H2,1H3/t11-/m0/s1. The number of hydrogen-bond donors (Lipinski definition) is 1. The molecule has 0 radical (unpaired) electrons. The topological polar surface area (TPSA) is 12.0 Å². The van der Waals surface area contributed by atoms with Gasteiger partial charge in [-0.05, 0) is 36.2 Å². The second-order valence-corrected chi connectivity index (χ2v) is 5.09. The summed E-state index contributed by atoms with van der Waals surface area (Å²) in [5.74, 6) is 0. The largest absolute Gasteiger partial charge is 0.306 e. The van der Waals surface area contributed by atoms with Crippen LogP contribution in [0.1, 0.15) is 24.1 Å². The van der Waals surface area contributed by atoms with Gasteiger partial charge in [-0.15, -0.1) is 0 Å². The maximum atomic E-state index is 6.13. The molecule has 0 spiro atoms. The quantitative estimate of drug-likeness (QED) is 0.844. The third-order valence-electron chi connectivity index (χ3n) is 2.91. The molecule has 0 aliphatic rings. The highest BCUT2D eigenvalue weighted by atomic mass is 35.5. The Morgan fingerprint density at radius 1 is 1.06 bits per heavy atom. The maximum Gasteiger partial charge on any atom is 0.0451 e. The Labute approximate surface area is 118 Å². The van der Waals surface area contributed by atoms with E-state index in [1.165, 1.54) is 5.56 Å². The molecule has 0 saturated carbocycles. The summed E-state index contributed by atoms with van der Waals surface area (Å²) in [6.45, 7) is 2.84. The molecule has 1 nitrogen and oxygen atoms in total. The summed E-state index contributed by atoms with van der Waals surface area (Å²) < 4.78 is 0. The van der Waals surface area contributed by atoms with Crippen molar-refractivity contribution in [2.75, 3.05) is 0 Å². The highest BCUT2D eigenvalue weighted by molar-refractivity contribution is 6.33. The van der Waals surface area contributed by atoms with E-state index in [1.807, 2.05) is 30.3 Å². The van der Waals surface area contributed by atoms with Crippen LogP contribution in [0.3, 0.4) is 0 Å². The fraction of sp³-hybridized carbons (Fsp3) is 0.200. The van der Waals surface area contributed by atoms with Crippen molar-refractivity contribution in [3.05, 3.63) is 69.7 Å². The van der Waals surface area contributed by atoms with Gasteiger partial charge in [0.1, 0.15) is 0 Å². The second kappa shape index (κ2) is 6.24. The van der Waals surface area contributed by atoms with E-state index in [9.17, 15) is 0 Å². The molecule has 0 amide bonds. The van der Waals surface area contributed by atoms with Crippen LogP contribution in [-0.2, 0) is 6.54 Å².